The first-order valence-corrected chi connectivity index (χ1v) is 7.35. The third kappa shape index (κ3) is 3.74. The second-order valence-corrected chi connectivity index (χ2v) is 5.59. The first-order valence-electron chi connectivity index (χ1n) is 6.18. The molecule has 0 unspecified atom stereocenters. The summed E-state index contributed by atoms with van der Waals surface area (Å²) in [5.74, 6) is 0.746. The van der Waals surface area contributed by atoms with Gasteiger partial charge < -0.3 is 19.9 Å². The van der Waals surface area contributed by atoms with Crippen molar-refractivity contribution in [2.75, 3.05) is 19.5 Å². The highest BCUT2D eigenvalue weighted by molar-refractivity contribution is 9.10. The number of hydrogen-bond acceptors (Lipinski definition) is 4. The van der Waals surface area contributed by atoms with Gasteiger partial charge in [0, 0.05) is 16.7 Å². The Labute approximate surface area is 136 Å². The van der Waals surface area contributed by atoms with Crippen molar-refractivity contribution in [1.82, 2.24) is 0 Å². The van der Waals surface area contributed by atoms with Crippen molar-refractivity contribution in [3.05, 3.63) is 45.4 Å². The van der Waals surface area contributed by atoms with Crippen LogP contribution < -0.4 is 14.8 Å². The van der Waals surface area contributed by atoms with Crippen LogP contribution >= 0.6 is 27.5 Å². The second kappa shape index (κ2) is 6.91. The lowest BCUT2D eigenvalue weighted by Gasteiger charge is -2.12. The van der Waals surface area contributed by atoms with E-state index in [0.29, 0.717) is 23.1 Å². The summed E-state index contributed by atoms with van der Waals surface area (Å²) in [6, 6.07) is 9.14. The average molecular weight is 373 g/mol. The normalized spacial score (nSPS) is 10.3. The van der Waals surface area contributed by atoms with Crippen LogP contribution in [0, 0.1) is 0 Å². The molecule has 2 rings (SSSR count). The fourth-order valence-electron chi connectivity index (χ4n) is 1.86. The van der Waals surface area contributed by atoms with Gasteiger partial charge in [0.1, 0.15) is 0 Å². The van der Waals surface area contributed by atoms with Crippen molar-refractivity contribution < 1.29 is 14.6 Å². The summed E-state index contributed by atoms with van der Waals surface area (Å²) in [7, 11) is 3.00. The number of aromatic hydroxyl groups is 1. The first-order chi connectivity index (χ1) is 10.0. The van der Waals surface area contributed by atoms with Crippen molar-refractivity contribution >= 4 is 33.2 Å². The third-order valence-electron chi connectivity index (χ3n) is 2.96. The van der Waals surface area contributed by atoms with E-state index in [9.17, 15) is 5.11 Å². The van der Waals surface area contributed by atoms with E-state index in [0.717, 1.165) is 15.7 Å². The highest BCUT2D eigenvalue weighted by Gasteiger charge is 2.11. The molecule has 0 heterocycles. The minimum absolute atomic E-state index is 0.00423. The van der Waals surface area contributed by atoms with Crippen LogP contribution in [0.5, 0.6) is 17.2 Å². The van der Waals surface area contributed by atoms with Crippen LogP contribution in [-0.2, 0) is 6.54 Å². The van der Waals surface area contributed by atoms with Crippen molar-refractivity contribution in [2.45, 2.75) is 6.54 Å². The zero-order valence-corrected chi connectivity index (χ0v) is 14.0. The summed E-state index contributed by atoms with van der Waals surface area (Å²) in [5, 5.41) is 13.8. The summed E-state index contributed by atoms with van der Waals surface area (Å²) in [6.45, 7) is 0.547. The van der Waals surface area contributed by atoms with Crippen LogP contribution in [0.15, 0.2) is 34.8 Å². The van der Waals surface area contributed by atoms with E-state index in [1.165, 1.54) is 14.2 Å². The smallest absolute Gasteiger partial charge is 0.200 e. The second-order valence-electron chi connectivity index (χ2n) is 4.33. The van der Waals surface area contributed by atoms with Crippen LogP contribution in [0.1, 0.15) is 5.56 Å². The Morgan fingerprint density at radius 2 is 1.76 bits per heavy atom. The van der Waals surface area contributed by atoms with E-state index in [1.807, 2.05) is 18.2 Å². The molecule has 2 aromatic carbocycles. The molecule has 0 saturated heterocycles. The zero-order valence-electron chi connectivity index (χ0n) is 11.6. The number of rotatable bonds is 5. The molecule has 0 aliphatic heterocycles. The molecular weight excluding hydrogens is 358 g/mol. The van der Waals surface area contributed by atoms with Crippen molar-refractivity contribution in [2.24, 2.45) is 0 Å². The number of phenolic OH excluding ortho intramolecular Hbond substituents is 1. The van der Waals surface area contributed by atoms with E-state index in [4.69, 9.17) is 21.1 Å². The number of methoxy groups -OCH3 is 2. The number of halogens is 2. The van der Waals surface area contributed by atoms with Gasteiger partial charge in [-0.2, -0.15) is 0 Å². The van der Waals surface area contributed by atoms with Gasteiger partial charge in [-0.15, -0.1) is 0 Å². The van der Waals surface area contributed by atoms with Crippen molar-refractivity contribution in [1.29, 1.82) is 0 Å². The van der Waals surface area contributed by atoms with Gasteiger partial charge in [-0.3, -0.25) is 0 Å². The Morgan fingerprint density at radius 3 is 2.29 bits per heavy atom. The standard InChI is InChI=1S/C15H15BrClNO3/c1-20-13-5-9(6-14(21-2)15(13)19)8-18-10-3-4-11(16)12(17)7-10/h3-7,18-19H,8H2,1-2H3. The quantitative estimate of drug-likeness (QED) is 0.815. The van der Waals surface area contributed by atoms with Gasteiger partial charge in [-0.25, -0.2) is 0 Å². The largest absolute Gasteiger partial charge is 0.502 e. The maximum Gasteiger partial charge on any atom is 0.200 e. The molecule has 0 spiro atoms. The van der Waals surface area contributed by atoms with Gasteiger partial charge in [0.2, 0.25) is 5.75 Å². The van der Waals surface area contributed by atoms with E-state index in [1.54, 1.807) is 12.1 Å². The molecule has 2 aromatic rings. The predicted molar refractivity (Wildman–Crippen MR) is 87.7 cm³/mol. The number of ether oxygens (including phenoxy) is 2. The summed E-state index contributed by atoms with van der Waals surface area (Å²) < 4.78 is 11.1. The Hall–Kier alpha value is -1.59. The third-order valence-corrected chi connectivity index (χ3v) is 4.19. The van der Waals surface area contributed by atoms with E-state index in [2.05, 4.69) is 21.2 Å². The Kier molecular flexibility index (Phi) is 5.20. The van der Waals surface area contributed by atoms with Crippen molar-refractivity contribution in [3.8, 4) is 17.2 Å². The van der Waals surface area contributed by atoms with Crippen LogP contribution in [0.4, 0.5) is 5.69 Å². The molecule has 0 aliphatic rings. The minimum atomic E-state index is -0.00423. The molecule has 0 fully saturated rings. The molecule has 0 amide bonds. The van der Waals surface area contributed by atoms with E-state index >= 15 is 0 Å². The summed E-state index contributed by atoms with van der Waals surface area (Å²) in [5.41, 5.74) is 1.81. The lowest BCUT2D eigenvalue weighted by molar-refractivity contribution is 0.339. The van der Waals surface area contributed by atoms with Gasteiger partial charge in [-0.1, -0.05) is 11.6 Å². The molecule has 112 valence electrons. The van der Waals surface area contributed by atoms with Gasteiger partial charge >= 0.3 is 0 Å². The number of phenols is 1. The van der Waals surface area contributed by atoms with Gasteiger partial charge in [0.05, 0.1) is 19.2 Å². The zero-order chi connectivity index (χ0) is 15.4. The summed E-state index contributed by atoms with van der Waals surface area (Å²) >= 11 is 9.40. The fourth-order valence-corrected chi connectivity index (χ4v) is 2.29. The lowest BCUT2D eigenvalue weighted by atomic mass is 10.1. The SMILES string of the molecule is COc1cc(CNc2ccc(Br)c(Cl)c2)cc(OC)c1O. The molecule has 0 saturated carbocycles. The summed E-state index contributed by atoms with van der Waals surface area (Å²) in [4.78, 5) is 0. The highest BCUT2D eigenvalue weighted by Crippen LogP contribution is 2.37. The minimum Gasteiger partial charge on any atom is -0.502 e. The molecule has 0 aliphatic carbocycles. The number of hydrogen-bond donors (Lipinski definition) is 2. The van der Waals surface area contributed by atoms with Gasteiger partial charge in [0.15, 0.2) is 11.5 Å². The highest BCUT2D eigenvalue weighted by atomic mass is 79.9. The average Bonchev–Trinajstić information content (AvgIpc) is 2.49. The van der Waals surface area contributed by atoms with Gasteiger partial charge in [0.25, 0.3) is 0 Å². The number of benzene rings is 2. The van der Waals surface area contributed by atoms with Crippen LogP contribution in [0.3, 0.4) is 0 Å². The van der Waals surface area contributed by atoms with Gasteiger partial charge in [-0.05, 0) is 51.8 Å². The Morgan fingerprint density at radius 1 is 1.14 bits per heavy atom. The number of anilines is 1. The Bertz CT molecular complexity index is 624. The van der Waals surface area contributed by atoms with E-state index < -0.39 is 0 Å². The first kappa shape index (κ1) is 15.8. The lowest BCUT2D eigenvalue weighted by Crippen LogP contribution is -2.01. The van der Waals surface area contributed by atoms with Crippen LogP contribution in [0.2, 0.25) is 5.02 Å². The maximum atomic E-state index is 9.87. The molecule has 2 N–H and O–H groups in total. The van der Waals surface area contributed by atoms with E-state index in [-0.39, 0.29) is 5.75 Å². The topological polar surface area (TPSA) is 50.7 Å². The number of nitrogens with one attached hydrogen (secondary N) is 1. The van der Waals surface area contributed by atoms with Crippen molar-refractivity contribution in [3.63, 3.8) is 0 Å². The molecular formula is C15H15BrClNO3. The predicted octanol–water partition coefficient (Wildman–Crippen LogP) is 4.44. The molecule has 0 radical (unpaired) electrons. The molecule has 0 aromatic heterocycles. The maximum absolute atomic E-state index is 9.87. The monoisotopic (exact) mass is 371 g/mol. The fraction of sp³-hybridized carbons (Fsp3) is 0.200. The van der Waals surface area contributed by atoms with Crippen LogP contribution in [0.25, 0.3) is 0 Å². The van der Waals surface area contributed by atoms with Crippen LogP contribution in [-0.4, -0.2) is 19.3 Å². The summed E-state index contributed by atoms with van der Waals surface area (Å²) in [6.07, 6.45) is 0. The molecule has 0 bridgehead atoms. The molecule has 4 nitrogen and oxygen atoms in total. The molecule has 21 heavy (non-hydrogen) atoms. The molecule has 6 heteroatoms. The molecule has 0 atom stereocenters. The Balaban J connectivity index is 2.17.